The lowest BCUT2D eigenvalue weighted by Gasteiger charge is -2.57. The average molecular weight is 495 g/mol. The van der Waals surface area contributed by atoms with Crippen molar-refractivity contribution < 1.29 is 9.84 Å². The molecule has 1 aliphatic heterocycles. The summed E-state index contributed by atoms with van der Waals surface area (Å²) < 4.78 is 6.00. The molecule has 1 saturated heterocycles. The Morgan fingerprint density at radius 2 is 1.57 bits per heavy atom. The van der Waals surface area contributed by atoms with Crippen molar-refractivity contribution in [2.24, 2.45) is 17.8 Å². The number of β-amino-alcohol motifs (C(OH)–C–C–N with tert-alkyl or cyclic N) is 1. The van der Waals surface area contributed by atoms with E-state index < -0.39 is 6.10 Å². The van der Waals surface area contributed by atoms with Gasteiger partial charge in [0.05, 0.1) is 0 Å². The number of hydrogen-bond acceptors (Lipinski definition) is 4. The second-order valence-corrected chi connectivity index (χ2v) is 12.3. The summed E-state index contributed by atoms with van der Waals surface area (Å²) in [5, 5.41) is 11.4. The molecular formula is C30H39ClN2O2. The van der Waals surface area contributed by atoms with Crippen LogP contribution >= 0.6 is 11.6 Å². The number of aryl methyl sites for hydroxylation is 1. The Morgan fingerprint density at radius 1 is 0.943 bits per heavy atom. The molecule has 7 rings (SSSR count). The van der Waals surface area contributed by atoms with Crippen LogP contribution in [0.3, 0.4) is 0 Å². The summed E-state index contributed by atoms with van der Waals surface area (Å²) in [6, 6.07) is 15.0. The Labute approximate surface area is 215 Å². The van der Waals surface area contributed by atoms with Crippen LogP contribution in [0, 0.1) is 24.7 Å². The van der Waals surface area contributed by atoms with Crippen LogP contribution in [-0.2, 0) is 5.41 Å². The fourth-order valence-electron chi connectivity index (χ4n) is 8.01. The van der Waals surface area contributed by atoms with Gasteiger partial charge in [0.25, 0.3) is 0 Å². The van der Waals surface area contributed by atoms with Gasteiger partial charge in [-0.25, -0.2) is 0 Å². The molecule has 2 aromatic rings. The third-order valence-corrected chi connectivity index (χ3v) is 9.54. The van der Waals surface area contributed by atoms with Crippen molar-refractivity contribution in [1.82, 2.24) is 4.90 Å². The molecule has 4 nitrogen and oxygen atoms in total. The molecular weight excluding hydrogens is 456 g/mol. The van der Waals surface area contributed by atoms with Crippen LogP contribution in [0.15, 0.2) is 42.5 Å². The minimum Gasteiger partial charge on any atom is -0.491 e. The number of aliphatic hydroxyl groups is 1. The molecule has 5 heteroatoms. The maximum atomic E-state index is 10.6. The predicted molar refractivity (Wildman–Crippen MR) is 143 cm³/mol. The first kappa shape index (κ1) is 23.6. The lowest BCUT2D eigenvalue weighted by molar-refractivity contribution is -0.00522. The predicted octanol–water partition coefficient (Wildman–Crippen LogP) is 5.68. The van der Waals surface area contributed by atoms with E-state index in [0.717, 1.165) is 54.7 Å². The number of ether oxygens (including phenoxy) is 1. The van der Waals surface area contributed by atoms with Gasteiger partial charge < -0.3 is 14.7 Å². The minimum absolute atomic E-state index is 0.338. The van der Waals surface area contributed by atoms with Crippen LogP contribution in [0.1, 0.15) is 49.7 Å². The van der Waals surface area contributed by atoms with Gasteiger partial charge in [0.15, 0.2) is 0 Å². The summed E-state index contributed by atoms with van der Waals surface area (Å²) in [7, 11) is 0. The van der Waals surface area contributed by atoms with Gasteiger partial charge in [-0.3, -0.25) is 4.90 Å². The molecule has 1 atom stereocenters. The van der Waals surface area contributed by atoms with Crippen molar-refractivity contribution in [1.29, 1.82) is 0 Å². The van der Waals surface area contributed by atoms with E-state index in [1.165, 1.54) is 55.3 Å². The highest BCUT2D eigenvalue weighted by Crippen LogP contribution is 2.60. The van der Waals surface area contributed by atoms with E-state index in [2.05, 4.69) is 53.1 Å². The molecule has 1 unspecified atom stereocenters. The Morgan fingerprint density at radius 3 is 2.20 bits per heavy atom. The van der Waals surface area contributed by atoms with Crippen LogP contribution in [0.4, 0.5) is 5.69 Å². The van der Waals surface area contributed by atoms with Gasteiger partial charge in [-0.2, -0.15) is 0 Å². The van der Waals surface area contributed by atoms with Gasteiger partial charge in [-0.05, 0) is 104 Å². The maximum absolute atomic E-state index is 10.6. The van der Waals surface area contributed by atoms with Crippen molar-refractivity contribution in [2.75, 3.05) is 44.2 Å². The number of anilines is 1. The molecule has 4 bridgehead atoms. The molecule has 188 valence electrons. The molecule has 0 radical (unpaired) electrons. The molecule has 1 heterocycles. The monoisotopic (exact) mass is 494 g/mol. The zero-order valence-corrected chi connectivity index (χ0v) is 21.7. The Kier molecular flexibility index (Phi) is 6.49. The van der Waals surface area contributed by atoms with E-state index in [9.17, 15) is 5.11 Å². The minimum atomic E-state index is -0.489. The fraction of sp³-hybridized carbons (Fsp3) is 0.600. The number of benzene rings is 2. The SMILES string of the molecule is Cc1ccc(Cl)cc1N1CCN(CC(O)COc2ccc(C34CC5CC(CC(C5)C3)C4)cc2)CC1. The molecule has 35 heavy (non-hydrogen) atoms. The first-order chi connectivity index (χ1) is 17.0. The van der Waals surface area contributed by atoms with Gasteiger partial charge in [0.1, 0.15) is 18.5 Å². The summed E-state index contributed by atoms with van der Waals surface area (Å²) in [6.07, 6.45) is 8.12. The maximum Gasteiger partial charge on any atom is 0.119 e. The molecule has 2 aromatic carbocycles. The van der Waals surface area contributed by atoms with E-state index >= 15 is 0 Å². The average Bonchev–Trinajstić information content (AvgIpc) is 2.84. The van der Waals surface area contributed by atoms with E-state index in [1.807, 2.05) is 6.07 Å². The van der Waals surface area contributed by atoms with Gasteiger partial charge in [-0.1, -0.05) is 29.8 Å². The second kappa shape index (κ2) is 9.61. The van der Waals surface area contributed by atoms with Crippen LogP contribution in [-0.4, -0.2) is 55.4 Å². The highest BCUT2D eigenvalue weighted by Gasteiger charge is 2.51. The normalized spacial score (nSPS) is 31.1. The van der Waals surface area contributed by atoms with Gasteiger partial charge >= 0.3 is 0 Å². The van der Waals surface area contributed by atoms with E-state index in [1.54, 1.807) is 0 Å². The zero-order chi connectivity index (χ0) is 24.0. The Hall–Kier alpha value is -1.75. The second-order valence-electron chi connectivity index (χ2n) is 11.9. The largest absolute Gasteiger partial charge is 0.491 e. The third kappa shape index (κ3) is 4.95. The van der Waals surface area contributed by atoms with Crippen molar-refractivity contribution in [3.63, 3.8) is 0 Å². The summed E-state index contributed by atoms with van der Waals surface area (Å²) in [5.41, 5.74) is 4.43. The number of halogens is 1. The molecule has 0 spiro atoms. The highest BCUT2D eigenvalue weighted by molar-refractivity contribution is 6.30. The molecule has 4 saturated carbocycles. The summed E-state index contributed by atoms with van der Waals surface area (Å²) in [6.45, 7) is 6.87. The van der Waals surface area contributed by atoms with Crippen LogP contribution < -0.4 is 9.64 Å². The topological polar surface area (TPSA) is 35.9 Å². The number of nitrogens with zero attached hydrogens (tertiary/aromatic N) is 2. The standard InChI is InChI=1S/C30H39ClN2O2/c1-21-2-5-26(31)15-29(21)33-10-8-32(9-11-33)19-27(34)20-35-28-6-3-25(4-7-28)30-16-22-12-23(17-30)14-24(13-22)18-30/h2-7,15,22-24,27,34H,8-14,16-20H2,1H3. The molecule has 4 aliphatic carbocycles. The van der Waals surface area contributed by atoms with Crippen LogP contribution in [0.2, 0.25) is 5.02 Å². The summed E-state index contributed by atoms with van der Waals surface area (Å²) in [5.74, 6) is 3.76. The fourth-order valence-corrected chi connectivity index (χ4v) is 8.17. The van der Waals surface area contributed by atoms with Crippen molar-refractivity contribution in [3.8, 4) is 5.75 Å². The first-order valence-corrected chi connectivity index (χ1v) is 14.0. The molecule has 5 aliphatic rings. The van der Waals surface area contributed by atoms with E-state index in [0.29, 0.717) is 18.6 Å². The number of rotatable bonds is 7. The van der Waals surface area contributed by atoms with Crippen LogP contribution in [0.5, 0.6) is 5.75 Å². The third-order valence-electron chi connectivity index (χ3n) is 9.30. The van der Waals surface area contributed by atoms with Gasteiger partial charge in [-0.15, -0.1) is 0 Å². The molecule has 1 N–H and O–H groups in total. The molecule has 0 amide bonds. The number of hydrogen-bond donors (Lipinski definition) is 1. The zero-order valence-electron chi connectivity index (χ0n) is 21.0. The Balaban J connectivity index is 0.980. The first-order valence-electron chi connectivity index (χ1n) is 13.6. The lowest BCUT2D eigenvalue weighted by atomic mass is 9.48. The summed E-state index contributed by atoms with van der Waals surface area (Å²) in [4.78, 5) is 4.73. The quantitative estimate of drug-likeness (QED) is 0.537. The van der Waals surface area contributed by atoms with Gasteiger partial charge in [0, 0.05) is 43.4 Å². The smallest absolute Gasteiger partial charge is 0.119 e. The molecule has 0 aromatic heterocycles. The lowest BCUT2D eigenvalue weighted by Crippen LogP contribution is -2.49. The van der Waals surface area contributed by atoms with E-state index in [-0.39, 0.29) is 0 Å². The number of piperazine rings is 1. The van der Waals surface area contributed by atoms with Crippen LogP contribution in [0.25, 0.3) is 0 Å². The van der Waals surface area contributed by atoms with Crippen molar-refractivity contribution >= 4 is 17.3 Å². The highest BCUT2D eigenvalue weighted by atomic mass is 35.5. The van der Waals surface area contributed by atoms with Crippen molar-refractivity contribution in [3.05, 3.63) is 58.6 Å². The number of aliphatic hydroxyl groups excluding tert-OH is 1. The Bertz CT molecular complexity index is 996. The molecule has 5 fully saturated rings. The summed E-state index contributed by atoms with van der Waals surface area (Å²) >= 11 is 6.21. The van der Waals surface area contributed by atoms with E-state index in [4.69, 9.17) is 16.3 Å². The van der Waals surface area contributed by atoms with Gasteiger partial charge in [0.2, 0.25) is 0 Å². The van der Waals surface area contributed by atoms with Crippen molar-refractivity contribution in [2.45, 2.75) is 57.0 Å².